The summed E-state index contributed by atoms with van der Waals surface area (Å²) in [5, 5.41) is 9.66. The normalized spacial score (nSPS) is 19.8. The SMILES string of the molecule is COc1ccc(C(OC[C@H]2O[C@@H](n3ccc(=O)[nH]c3=O)[C@H](OC(=S)N3CCOCC3)[C@@H]2OP(OCCC#N)N(C(C)C)C(C)C)(c2ccccc2)c2ccc(OC)cc2)cc1. The summed E-state index contributed by atoms with van der Waals surface area (Å²) in [6.45, 7) is 10.1. The number of benzene rings is 3. The first-order valence-corrected chi connectivity index (χ1v) is 21.8. The highest BCUT2D eigenvalue weighted by Gasteiger charge is 2.53. The molecule has 5 atom stereocenters. The molecule has 2 saturated heterocycles. The maximum atomic E-state index is 13.6. The average Bonchev–Trinajstić information content (AvgIpc) is 3.59. The summed E-state index contributed by atoms with van der Waals surface area (Å²) < 4.78 is 54.6. The molecule has 2 aliphatic heterocycles. The van der Waals surface area contributed by atoms with E-state index < -0.39 is 49.9 Å². The van der Waals surface area contributed by atoms with Crippen LogP contribution >= 0.6 is 20.7 Å². The van der Waals surface area contributed by atoms with Gasteiger partial charge in [-0.1, -0.05) is 54.6 Å². The lowest BCUT2D eigenvalue weighted by molar-refractivity contribution is -0.0945. The van der Waals surface area contributed by atoms with Crippen molar-refractivity contribution in [1.82, 2.24) is 19.1 Å². The summed E-state index contributed by atoms with van der Waals surface area (Å²) in [6, 6.07) is 28.5. The third-order valence-electron chi connectivity index (χ3n) is 10.4. The first-order chi connectivity index (χ1) is 29.5. The molecule has 3 aromatic carbocycles. The molecular formula is C44H54N5O10PS. The lowest BCUT2D eigenvalue weighted by Gasteiger charge is -2.39. The van der Waals surface area contributed by atoms with Gasteiger partial charge in [0.15, 0.2) is 12.3 Å². The van der Waals surface area contributed by atoms with E-state index in [1.807, 2.05) is 111 Å². The van der Waals surface area contributed by atoms with Crippen LogP contribution in [0.4, 0.5) is 0 Å². The Morgan fingerprint density at radius 1 is 0.902 bits per heavy atom. The fourth-order valence-electron chi connectivity index (χ4n) is 7.56. The number of hydrogen-bond donors (Lipinski definition) is 1. The van der Waals surface area contributed by atoms with Gasteiger partial charge in [0.05, 0.1) is 53.1 Å². The predicted octanol–water partition coefficient (Wildman–Crippen LogP) is 6.12. The second kappa shape index (κ2) is 21.4. The van der Waals surface area contributed by atoms with Gasteiger partial charge in [-0.2, -0.15) is 5.26 Å². The number of nitriles is 1. The number of aromatic nitrogens is 2. The van der Waals surface area contributed by atoms with E-state index in [1.54, 1.807) is 14.2 Å². The Balaban J connectivity index is 1.51. The molecule has 61 heavy (non-hydrogen) atoms. The third-order valence-corrected chi connectivity index (χ3v) is 12.9. The standard InChI is InChI=1S/C44H54N5O10PS/c1-30(2)49(31(3)4)60(56-26-10-22-45)59-39-37(57-41(48-23-21-38(50)46-42(48)51)40(39)58-43(61)47-24-27-54-28-25-47)29-55-44(32-11-8-7-9-12-32,33-13-17-35(52-5)18-14-33)34-15-19-36(53-6)20-16-34/h7-9,11-21,23,30-31,37,39-41H,10,24-29H2,1-6H3,(H,46,50,51)/t37-,39-,40-,41-,60?/m1/s1. The van der Waals surface area contributed by atoms with Gasteiger partial charge < -0.3 is 42.4 Å². The minimum absolute atomic E-state index is 0.0347. The molecule has 17 heteroatoms. The smallest absolute Gasteiger partial charge is 0.330 e. The molecule has 326 valence electrons. The van der Waals surface area contributed by atoms with E-state index in [4.69, 9.17) is 49.7 Å². The first-order valence-electron chi connectivity index (χ1n) is 20.2. The number of morpholine rings is 1. The van der Waals surface area contributed by atoms with Gasteiger partial charge in [-0.3, -0.25) is 14.3 Å². The molecule has 0 spiro atoms. The average molecular weight is 876 g/mol. The van der Waals surface area contributed by atoms with Crippen LogP contribution in [0.25, 0.3) is 0 Å². The van der Waals surface area contributed by atoms with E-state index >= 15 is 0 Å². The summed E-state index contributed by atoms with van der Waals surface area (Å²) >= 11 is 5.92. The van der Waals surface area contributed by atoms with E-state index in [-0.39, 0.29) is 36.9 Å². The van der Waals surface area contributed by atoms with Crippen molar-refractivity contribution in [3.8, 4) is 17.6 Å². The van der Waals surface area contributed by atoms with Gasteiger partial charge >= 0.3 is 5.69 Å². The summed E-state index contributed by atoms with van der Waals surface area (Å²) in [6.07, 6.45) is -2.64. The molecule has 6 rings (SSSR count). The number of thiocarbonyl (C=S) groups is 1. The molecule has 1 unspecified atom stereocenters. The molecule has 0 amide bonds. The van der Waals surface area contributed by atoms with E-state index in [0.29, 0.717) is 37.8 Å². The Labute approximate surface area is 363 Å². The van der Waals surface area contributed by atoms with Crippen molar-refractivity contribution in [1.29, 1.82) is 5.26 Å². The van der Waals surface area contributed by atoms with Crippen LogP contribution in [-0.2, 0) is 33.6 Å². The lowest BCUT2D eigenvalue weighted by atomic mass is 9.80. The highest BCUT2D eigenvalue weighted by atomic mass is 32.1. The summed E-state index contributed by atoms with van der Waals surface area (Å²) in [5.74, 6) is 1.34. The van der Waals surface area contributed by atoms with Crippen molar-refractivity contribution in [2.45, 2.75) is 76.3 Å². The zero-order valence-corrected chi connectivity index (χ0v) is 37.0. The Hall–Kier alpha value is -4.69. The Bertz CT molecular complexity index is 2120. The monoisotopic (exact) mass is 875 g/mol. The Morgan fingerprint density at radius 2 is 1.49 bits per heavy atom. The van der Waals surface area contributed by atoms with Gasteiger partial charge in [0, 0.05) is 37.4 Å². The highest BCUT2D eigenvalue weighted by molar-refractivity contribution is 7.80. The largest absolute Gasteiger partial charge is 0.497 e. The number of H-pyrrole nitrogens is 1. The predicted molar refractivity (Wildman–Crippen MR) is 233 cm³/mol. The lowest BCUT2D eigenvalue weighted by Crippen LogP contribution is -2.47. The van der Waals surface area contributed by atoms with Crippen molar-refractivity contribution < 1.29 is 37.5 Å². The quantitative estimate of drug-likeness (QED) is 0.0527. The number of aromatic amines is 1. The van der Waals surface area contributed by atoms with Gasteiger partial charge in [-0.25, -0.2) is 9.46 Å². The molecule has 2 fully saturated rings. The molecule has 1 aromatic heterocycles. The third kappa shape index (κ3) is 10.7. The Kier molecular flexibility index (Phi) is 16.1. The fourth-order valence-corrected chi connectivity index (χ4v) is 9.63. The van der Waals surface area contributed by atoms with Crippen LogP contribution in [0.3, 0.4) is 0 Å². The van der Waals surface area contributed by atoms with Gasteiger partial charge in [0.2, 0.25) is 0 Å². The minimum atomic E-state index is -1.88. The molecule has 2 aliphatic rings. The van der Waals surface area contributed by atoms with E-state index in [9.17, 15) is 14.9 Å². The summed E-state index contributed by atoms with van der Waals surface area (Å²) in [4.78, 5) is 30.2. The van der Waals surface area contributed by atoms with E-state index in [0.717, 1.165) is 16.7 Å². The number of ether oxygens (including phenoxy) is 6. The van der Waals surface area contributed by atoms with Crippen molar-refractivity contribution in [2.24, 2.45) is 0 Å². The maximum Gasteiger partial charge on any atom is 0.330 e. The molecule has 0 radical (unpaired) electrons. The first kappa shape index (κ1) is 45.8. The van der Waals surface area contributed by atoms with E-state index in [1.165, 1.54) is 16.8 Å². The van der Waals surface area contributed by atoms with Crippen molar-refractivity contribution in [3.05, 3.63) is 129 Å². The number of methoxy groups -OCH3 is 2. The number of hydrogen-bond acceptors (Lipinski definition) is 13. The molecule has 1 N–H and O–H groups in total. The van der Waals surface area contributed by atoms with Gasteiger partial charge in [0.1, 0.15) is 29.3 Å². The Morgan fingerprint density at radius 3 is 2.03 bits per heavy atom. The molecule has 15 nitrogen and oxygen atoms in total. The second-order valence-corrected chi connectivity index (χ2v) is 16.7. The van der Waals surface area contributed by atoms with E-state index in [2.05, 4.69) is 15.7 Å². The van der Waals surface area contributed by atoms with Crippen molar-refractivity contribution in [2.75, 3.05) is 53.7 Å². The van der Waals surface area contributed by atoms with Crippen LogP contribution in [0.5, 0.6) is 11.5 Å². The zero-order valence-electron chi connectivity index (χ0n) is 35.3. The molecule has 0 bridgehead atoms. The molecule has 0 saturated carbocycles. The van der Waals surface area contributed by atoms with Gasteiger partial charge in [0.25, 0.3) is 19.3 Å². The fraction of sp³-hybridized carbons (Fsp3) is 0.455. The molecular weight excluding hydrogens is 822 g/mol. The molecule has 0 aliphatic carbocycles. The van der Waals surface area contributed by atoms with Crippen LogP contribution in [0, 0.1) is 11.3 Å². The van der Waals surface area contributed by atoms with Crippen LogP contribution in [0.1, 0.15) is 57.0 Å². The minimum Gasteiger partial charge on any atom is -0.497 e. The van der Waals surface area contributed by atoms with Crippen LogP contribution < -0.4 is 20.7 Å². The maximum absolute atomic E-state index is 13.6. The van der Waals surface area contributed by atoms with Crippen LogP contribution in [-0.4, -0.2) is 108 Å². The number of nitrogens with zero attached hydrogens (tertiary/aromatic N) is 4. The molecule has 3 heterocycles. The van der Waals surface area contributed by atoms with Gasteiger partial charge in [-0.15, -0.1) is 0 Å². The molecule has 4 aromatic rings. The topological polar surface area (TPSA) is 159 Å². The summed E-state index contributed by atoms with van der Waals surface area (Å²) in [5.41, 5.74) is -0.111. The van der Waals surface area contributed by atoms with Gasteiger partial charge in [-0.05, 0) is 80.9 Å². The summed E-state index contributed by atoms with van der Waals surface area (Å²) in [7, 11) is 1.34. The van der Waals surface area contributed by atoms with Crippen LogP contribution in [0.15, 0.2) is 101 Å². The highest BCUT2D eigenvalue weighted by Crippen LogP contribution is 2.51. The van der Waals surface area contributed by atoms with Crippen molar-refractivity contribution >= 4 is 25.9 Å². The number of nitrogens with one attached hydrogen (secondary N) is 1. The number of rotatable bonds is 18. The van der Waals surface area contributed by atoms with Crippen LogP contribution in [0.2, 0.25) is 0 Å². The second-order valence-electron chi connectivity index (χ2n) is 15.0. The van der Waals surface area contributed by atoms with Crippen molar-refractivity contribution in [3.63, 3.8) is 0 Å². The zero-order chi connectivity index (χ0) is 43.5.